The van der Waals surface area contributed by atoms with Crippen LogP contribution in [0, 0.1) is 0 Å². The maximum Gasteiger partial charge on any atom is 0.235 e. The third-order valence-corrected chi connectivity index (χ3v) is 0. The highest BCUT2D eigenvalue weighted by Gasteiger charge is 1.93. The van der Waals surface area contributed by atoms with Gasteiger partial charge in [-0.15, -0.1) is 0 Å². The molecule has 0 heterocycles. The van der Waals surface area contributed by atoms with E-state index in [4.69, 9.17) is 0 Å². The summed E-state index contributed by atoms with van der Waals surface area (Å²) in [7, 11) is 0. The van der Waals surface area contributed by atoms with E-state index in [1.807, 2.05) is 0 Å². The second-order valence-electron chi connectivity index (χ2n) is 0.502. The monoisotopic (exact) mass is 177 g/mol. The van der Waals surface area contributed by atoms with Crippen LogP contribution in [-0.2, 0) is 11.8 Å². The molecule has 0 amide bonds. The second kappa shape index (κ2) is 1.65. The summed E-state index contributed by atoms with van der Waals surface area (Å²) in [6, 6.07) is 0. The Balaban J connectivity index is 3.47. The summed E-state index contributed by atoms with van der Waals surface area (Å²) in [6.07, 6.45) is 0. The summed E-state index contributed by atoms with van der Waals surface area (Å²) < 4.78 is 11.3. The molecule has 0 bridgehead atoms. The van der Waals surface area contributed by atoms with E-state index in [-0.39, 0.29) is 0 Å². The zero-order valence-corrected chi connectivity index (χ0v) is 5.49. The Bertz CT molecular complexity index is 57.8. The Kier molecular flexibility index (Phi) is 1.98. The number of rotatable bonds is 0. The van der Waals surface area contributed by atoms with Crippen LogP contribution in [0.25, 0.3) is 0 Å². The van der Waals surface area contributed by atoms with E-state index in [1.165, 1.54) is 0 Å². The van der Waals surface area contributed by atoms with Crippen LogP contribution in [0.2, 0.25) is 0 Å². The van der Waals surface area contributed by atoms with Crippen molar-refractivity contribution in [2.75, 3.05) is 0 Å². The molecule has 0 saturated heterocycles. The Morgan fingerprint density at radius 3 is 2.00 bits per heavy atom. The van der Waals surface area contributed by atoms with Crippen molar-refractivity contribution in [3.8, 4) is 0 Å². The molecule has 0 spiro atoms. The third kappa shape index (κ3) is 44.0. The molecule has 0 aromatic heterocycles. The molecule has 0 aromatic carbocycles. The van der Waals surface area contributed by atoms with Crippen LogP contribution in [0.1, 0.15) is 0 Å². The minimum Gasteiger partial charge on any atom is -0.269 e. The van der Waals surface area contributed by atoms with Gasteiger partial charge >= 0.3 is 0 Å². The zero-order chi connectivity index (χ0) is 4.50. The largest absolute Gasteiger partial charge is 0.269 e. The molecule has 5 heavy (non-hydrogen) atoms. The molecule has 1 nitrogen and oxygen atoms in total. The maximum absolute atomic E-state index is 11.3. The van der Waals surface area contributed by atoms with Crippen LogP contribution in [0.5, 0.6) is 0 Å². The minimum absolute atomic E-state index is 2.41. The maximum atomic E-state index is 11.3. The molecule has 0 aliphatic rings. The molecular formula is H2BrFNPS. The summed E-state index contributed by atoms with van der Waals surface area (Å²) in [4.78, 5) is 0. The molecule has 1 atom stereocenters. The first-order valence-corrected chi connectivity index (χ1v) is 5.56. The predicted molar refractivity (Wildman–Crippen MR) is 28.5 cm³/mol. The zero-order valence-electron chi connectivity index (χ0n) is 2.19. The van der Waals surface area contributed by atoms with Gasteiger partial charge in [-0.25, -0.2) is 0 Å². The Morgan fingerprint density at radius 2 is 2.00 bits per heavy atom. The topological polar surface area (TPSA) is 26.0 Å². The molecule has 1 unspecified atom stereocenters. The smallest absolute Gasteiger partial charge is 0.235 e. The van der Waals surface area contributed by atoms with Crippen molar-refractivity contribution in [2.45, 2.75) is 0 Å². The van der Waals surface area contributed by atoms with Crippen molar-refractivity contribution in [2.24, 2.45) is 5.50 Å². The SMILES string of the molecule is NP(F)(=S)Br. The first-order chi connectivity index (χ1) is 2.00. The van der Waals surface area contributed by atoms with E-state index in [0.29, 0.717) is 0 Å². The van der Waals surface area contributed by atoms with Gasteiger partial charge in [-0.3, -0.25) is 5.50 Å². The molecule has 2 N–H and O–H groups in total. The van der Waals surface area contributed by atoms with Crippen LogP contribution < -0.4 is 5.50 Å². The molecule has 0 fully saturated rings. The fourth-order valence-corrected chi connectivity index (χ4v) is 0. The summed E-state index contributed by atoms with van der Waals surface area (Å²) in [5.74, 6) is 0. The minimum atomic E-state index is -2.99. The van der Waals surface area contributed by atoms with Gasteiger partial charge in [-0.05, 0) is 11.8 Å². The van der Waals surface area contributed by atoms with Crippen molar-refractivity contribution >= 4 is 32.5 Å². The van der Waals surface area contributed by atoms with E-state index in [2.05, 4.69) is 32.8 Å². The van der Waals surface area contributed by atoms with Crippen molar-refractivity contribution in [3.05, 3.63) is 0 Å². The highest BCUT2D eigenvalue weighted by molar-refractivity contribution is 9.43. The predicted octanol–water partition coefficient (Wildman–Crippen LogP) is 1.53. The van der Waals surface area contributed by atoms with Gasteiger partial charge in [0.15, 0.2) is 0 Å². The van der Waals surface area contributed by atoms with E-state index >= 15 is 0 Å². The van der Waals surface area contributed by atoms with Crippen LogP contribution in [0.4, 0.5) is 4.20 Å². The van der Waals surface area contributed by atoms with E-state index in [9.17, 15) is 4.20 Å². The molecule has 0 aliphatic heterocycles. The van der Waals surface area contributed by atoms with E-state index in [0.717, 1.165) is 0 Å². The van der Waals surface area contributed by atoms with Gasteiger partial charge in [0.25, 0.3) is 0 Å². The summed E-state index contributed by atoms with van der Waals surface area (Å²) in [6.45, 7) is 0. The lowest BCUT2D eigenvalue weighted by molar-refractivity contribution is 0.911. The Morgan fingerprint density at radius 1 is 2.00 bits per heavy atom. The molecule has 0 aromatic rings. The van der Waals surface area contributed by atoms with Crippen molar-refractivity contribution in [1.29, 1.82) is 0 Å². The molecule has 0 radical (unpaired) electrons. The molecule has 32 valence electrons. The highest BCUT2D eigenvalue weighted by atomic mass is 79.9. The first kappa shape index (κ1) is 6.02. The van der Waals surface area contributed by atoms with Crippen molar-refractivity contribution < 1.29 is 4.20 Å². The molecule has 0 aliphatic carbocycles. The third-order valence-electron chi connectivity index (χ3n) is 0. The lowest BCUT2D eigenvalue weighted by Gasteiger charge is -1.83. The van der Waals surface area contributed by atoms with E-state index in [1.54, 1.807) is 0 Å². The number of hydrogen-bond acceptors (Lipinski definition) is 1. The number of hydrogen-bond donors (Lipinski definition) is 1. The van der Waals surface area contributed by atoms with Gasteiger partial charge in [0.05, 0.1) is 0 Å². The summed E-state index contributed by atoms with van der Waals surface area (Å²) in [5.41, 5.74) is 4.53. The van der Waals surface area contributed by atoms with Gasteiger partial charge in [0.1, 0.15) is 0 Å². The van der Waals surface area contributed by atoms with Gasteiger partial charge < -0.3 is 0 Å². The fraction of sp³-hybridized carbons (Fsp3) is 0. The Labute approximate surface area is 42.7 Å². The van der Waals surface area contributed by atoms with Crippen LogP contribution in [0.3, 0.4) is 0 Å². The standard InChI is InChI=1S/BrFH2NPS/c1-4(2,3)5/h(H2,3,5). The molecule has 0 saturated carbocycles. The van der Waals surface area contributed by atoms with Crippen molar-refractivity contribution in [3.63, 3.8) is 0 Å². The second-order valence-corrected chi connectivity index (χ2v) is 7.61. The van der Waals surface area contributed by atoms with E-state index < -0.39 is 5.20 Å². The lowest BCUT2D eigenvalue weighted by atomic mass is 13.9. The Hall–Kier alpha value is 1.02. The van der Waals surface area contributed by atoms with Crippen LogP contribution >= 0.6 is 20.7 Å². The molecule has 0 rings (SSSR count). The van der Waals surface area contributed by atoms with Gasteiger partial charge in [0, 0.05) is 15.5 Å². The van der Waals surface area contributed by atoms with Crippen LogP contribution in [-0.4, -0.2) is 0 Å². The highest BCUT2D eigenvalue weighted by Crippen LogP contribution is 2.46. The lowest BCUT2D eigenvalue weighted by Crippen LogP contribution is -1.72. The average molecular weight is 178 g/mol. The summed E-state index contributed by atoms with van der Waals surface area (Å²) in [5, 5.41) is -2.99. The quantitative estimate of drug-likeness (QED) is 0.569. The van der Waals surface area contributed by atoms with Crippen LogP contribution in [0.15, 0.2) is 0 Å². The molecule has 5 heteroatoms. The van der Waals surface area contributed by atoms with Gasteiger partial charge in [-0.2, -0.15) is 4.20 Å². The van der Waals surface area contributed by atoms with Crippen molar-refractivity contribution in [1.82, 2.24) is 0 Å². The summed E-state index contributed by atoms with van der Waals surface area (Å²) >= 11 is 6.38. The normalized spacial score (nSPS) is 21.4. The van der Waals surface area contributed by atoms with Gasteiger partial charge in [0.2, 0.25) is 5.20 Å². The number of nitrogens with two attached hydrogens (primary N) is 1. The first-order valence-electron chi connectivity index (χ1n) is 0.779. The van der Waals surface area contributed by atoms with Gasteiger partial charge in [-0.1, -0.05) is 0 Å². The number of halogens is 2. The molecular weight excluding hydrogens is 176 g/mol. The average Bonchev–Trinajstić information content (AvgIpc) is 0.722. The fourth-order valence-electron chi connectivity index (χ4n) is 0.